The lowest BCUT2D eigenvalue weighted by Crippen LogP contribution is -2.29. The van der Waals surface area contributed by atoms with Gasteiger partial charge in [0.15, 0.2) is 5.17 Å². The van der Waals surface area contributed by atoms with Crippen LogP contribution in [-0.4, -0.2) is 30.9 Å². The highest BCUT2D eigenvalue weighted by Crippen LogP contribution is 2.33. The molecule has 3 rings (SSSR count). The first-order valence-electron chi connectivity index (χ1n) is 7.37. The molecule has 9 heteroatoms. The van der Waals surface area contributed by atoms with Crippen molar-refractivity contribution < 1.29 is 22.0 Å². The van der Waals surface area contributed by atoms with E-state index in [1.165, 1.54) is 23.3 Å². The summed E-state index contributed by atoms with van der Waals surface area (Å²) in [4.78, 5) is 13.8. The van der Waals surface area contributed by atoms with Crippen molar-refractivity contribution in [2.75, 3.05) is 6.54 Å². The summed E-state index contributed by atoms with van der Waals surface area (Å²) < 4.78 is 46.9. The molecule has 26 heavy (non-hydrogen) atoms. The zero-order valence-corrected chi connectivity index (χ0v) is 15.0. The van der Waals surface area contributed by atoms with Crippen molar-refractivity contribution in [1.29, 1.82) is 0 Å². The molecule has 1 fully saturated rings. The summed E-state index contributed by atoms with van der Waals surface area (Å²) in [6, 6.07) is 7.64. The third kappa shape index (κ3) is 3.78. The molecule has 0 bridgehead atoms. The SMILES string of the molecule is C=CCN1C(=O)/C(=C/c2ccco2)S/C1=N/S(=O)(=O)c1ccc(F)cc1. The maximum Gasteiger partial charge on any atom is 0.284 e. The lowest BCUT2D eigenvalue weighted by atomic mass is 10.3. The van der Waals surface area contributed by atoms with Crippen molar-refractivity contribution >= 4 is 38.9 Å². The van der Waals surface area contributed by atoms with Crippen molar-refractivity contribution in [3.8, 4) is 0 Å². The first-order chi connectivity index (χ1) is 12.4. The summed E-state index contributed by atoms with van der Waals surface area (Å²) in [5, 5.41) is -0.00275. The van der Waals surface area contributed by atoms with E-state index < -0.39 is 21.7 Å². The molecule has 134 valence electrons. The van der Waals surface area contributed by atoms with Crippen molar-refractivity contribution in [2.24, 2.45) is 4.40 Å². The number of nitrogens with zero attached hydrogens (tertiary/aromatic N) is 2. The molecule has 0 aliphatic carbocycles. The number of amidine groups is 1. The van der Waals surface area contributed by atoms with Gasteiger partial charge in [-0.3, -0.25) is 9.69 Å². The maximum atomic E-state index is 13.0. The van der Waals surface area contributed by atoms with Crippen LogP contribution in [-0.2, 0) is 14.8 Å². The van der Waals surface area contributed by atoms with Gasteiger partial charge >= 0.3 is 0 Å². The molecular weight excluding hydrogens is 379 g/mol. The minimum Gasteiger partial charge on any atom is -0.465 e. The van der Waals surface area contributed by atoms with Crippen LogP contribution in [0.2, 0.25) is 0 Å². The largest absolute Gasteiger partial charge is 0.465 e. The number of carbonyl (C=O) groups is 1. The van der Waals surface area contributed by atoms with E-state index in [0.717, 1.165) is 36.0 Å². The number of hydrogen-bond acceptors (Lipinski definition) is 5. The van der Waals surface area contributed by atoms with Crippen molar-refractivity contribution in [3.05, 3.63) is 71.8 Å². The lowest BCUT2D eigenvalue weighted by Gasteiger charge is -2.12. The molecule has 2 heterocycles. The summed E-state index contributed by atoms with van der Waals surface area (Å²) in [7, 11) is -4.10. The van der Waals surface area contributed by atoms with Crippen LogP contribution in [0.3, 0.4) is 0 Å². The van der Waals surface area contributed by atoms with E-state index in [-0.39, 0.29) is 21.5 Å². The summed E-state index contributed by atoms with van der Waals surface area (Å²) in [5.74, 6) is -0.500. The van der Waals surface area contributed by atoms with E-state index in [1.54, 1.807) is 12.1 Å². The second-order valence-corrected chi connectivity index (χ2v) is 7.75. The highest BCUT2D eigenvalue weighted by atomic mass is 32.2. The number of thioether (sulfide) groups is 1. The lowest BCUT2D eigenvalue weighted by molar-refractivity contribution is -0.121. The monoisotopic (exact) mass is 392 g/mol. The third-order valence-corrected chi connectivity index (χ3v) is 5.73. The normalized spacial score (nSPS) is 18.0. The first-order valence-corrected chi connectivity index (χ1v) is 9.63. The second-order valence-electron chi connectivity index (χ2n) is 5.13. The summed E-state index contributed by atoms with van der Waals surface area (Å²) in [5.41, 5.74) is 0. The predicted octanol–water partition coefficient (Wildman–Crippen LogP) is 3.27. The molecule has 1 aliphatic heterocycles. The molecule has 0 saturated carbocycles. The van der Waals surface area contributed by atoms with Gasteiger partial charge in [0.25, 0.3) is 15.9 Å². The Kier molecular flexibility index (Phi) is 5.10. The van der Waals surface area contributed by atoms with Crippen LogP contribution in [0.15, 0.2) is 73.9 Å². The van der Waals surface area contributed by atoms with E-state index in [4.69, 9.17) is 4.42 Å². The number of halogens is 1. The molecule has 0 spiro atoms. The van der Waals surface area contributed by atoms with Crippen LogP contribution in [0, 0.1) is 5.82 Å². The molecule has 1 saturated heterocycles. The number of rotatable bonds is 5. The van der Waals surface area contributed by atoms with Gasteiger partial charge in [0.05, 0.1) is 16.1 Å². The van der Waals surface area contributed by atoms with Crippen LogP contribution in [0.5, 0.6) is 0 Å². The fourth-order valence-corrected chi connectivity index (χ4v) is 4.30. The van der Waals surface area contributed by atoms with Gasteiger partial charge in [0.1, 0.15) is 11.6 Å². The van der Waals surface area contributed by atoms with Gasteiger partial charge in [-0.05, 0) is 48.2 Å². The fourth-order valence-electron chi connectivity index (χ4n) is 2.13. The Labute approximate surface area is 153 Å². The minimum absolute atomic E-state index is 0.00275. The van der Waals surface area contributed by atoms with Gasteiger partial charge < -0.3 is 4.42 Å². The molecule has 1 amide bonds. The Balaban J connectivity index is 1.98. The molecule has 6 nitrogen and oxygen atoms in total. The number of furan rings is 1. The number of carbonyl (C=O) groups excluding carboxylic acids is 1. The van der Waals surface area contributed by atoms with Crippen LogP contribution >= 0.6 is 11.8 Å². The van der Waals surface area contributed by atoms with Crippen LogP contribution in [0.25, 0.3) is 6.08 Å². The molecule has 1 aliphatic rings. The van der Waals surface area contributed by atoms with Gasteiger partial charge in [-0.15, -0.1) is 11.0 Å². The van der Waals surface area contributed by atoms with Crippen LogP contribution in [0.1, 0.15) is 5.76 Å². The zero-order valence-electron chi connectivity index (χ0n) is 13.3. The third-order valence-electron chi connectivity index (χ3n) is 3.33. The maximum absolute atomic E-state index is 13.0. The number of sulfonamides is 1. The summed E-state index contributed by atoms with van der Waals surface area (Å²) >= 11 is 0.916. The highest BCUT2D eigenvalue weighted by molar-refractivity contribution is 8.19. The minimum atomic E-state index is -4.10. The van der Waals surface area contributed by atoms with Crippen molar-refractivity contribution in [1.82, 2.24) is 4.90 Å². The van der Waals surface area contributed by atoms with Gasteiger partial charge in [0.2, 0.25) is 0 Å². The fraction of sp³-hybridized carbons (Fsp3) is 0.0588. The van der Waals surface area contributed by atoms with Gasteiger partial charge in [-0.1, -0.05) is 6.08 Å². The molecule has 0 radical (unpaired) electrons. The second kappa shape index (κ2) is 7.30. The Hall–Kier alpha value is -2.65. The number of amides is 1. The quantitative estimate of drug-likeness (QED) is 0.576. The van der Waals surface area contributed by atoms with Gasteiger partial charge in [-0.25, -0.2) is 4.39 Å². The van der Waals surface area contributed by atoms with Crippen LogP contribution in [0.4, 0.5) is 4.39 Å². The Morgan fingerprint density at radius 3 is 2.62 bits per heavy atom. The Morgan fingerprint density at radius 1 is 1.27 bits per heavy atom. The molecular formula is C17H13FN2O4S2. The average Bonchev–Trinajstić information content (AvgIpc) is 3.20. The van der Waals surface area contributed by atoms with E-state index in [9.17, 15) is 17.6 Å². The first kappa shape index (κ1) is 18.2. The van der Waals surface area contributed by atoms with E-state index in [2.05, 4.69) is 11.0 Å². The molecule has 0 unspecified atom stereocenters. The predicted molar refractivity (Wildman–Crippen MR) is 97.2 cm³/mol. The standard InChI is InChI=1S/C17H13FN2O4S2/c1-2-9-20-16(21)15(11-13-4-3-10-24-13)25-17(20)19-26(22,23)14-7-5-12(18)6-8-14/h2-8,10-11H,1,9H2/b15-11-,19-17+. The molecule has 1 aromatic heterocycles. The Morgan fingerprint density at radius 2 is 2.00 bits per heavy atom. The number of hydrogen-bond donors (Lipinski definition) is 0. The summed E-state index contributed by atoms with van der Waals surface area (Å²) in [6.07, 6.45) is 4.44. The number of benzene rings is 1. The topological polar surface area (TPSA) is 80.0 Å². The van der Waals surface area contributed by atoms with Crippen LogP contribution < -0.4 is 0 Å². The highest BCUT2D eigenvalue weighted by Gasteiger charge is 2.34. The molecule has 1 aromatic carbocycles. The molecule has 0 N–H and O–H groups in total. The zero-order chi connectivity index (χ0) is 18.7. The van der Waals surface area contributed by atoms with Gasteiger partial charge in [0, 0.05) is 12.6 Å². The molecule has 0 atom stereocenters. The van der Waals surface area contributed by atoms with E-state index in [1.807, 2.05) is 0 Å². The van der Waals surface area contributed by atoms with Crippen molar-refractivity contribution in [3.63, 3.8) is 0 Å². The van der Waals surface area contributed by atoms with Crippen molar-refractivity contribution in [2.45, 2.75) is 4.90 Å². The van der Waals surface area contributed by atoms with E-state index >= 15 is 0 Å². The van der Waals surface area contributed by atoms with Gasteiger partial charge in [-0.2, -0.15) is 8.42 Å². The smallest absolute Gasteiger partial charge is 0.284 e. The molecule has 2 aromatic rings. The Bertz CT molecular complexity index is 994. The van der Waals surface area contributed by atoms with E-state index in [0.29, 0.717) is 5.76 Å². The average molecular weight is 392 g/mol. The summed E-state index contributed by atoms with van der Waals surface area (Å²) in [6.45, 7) is 3.67.